The SMILES string of the molecule is COCC1CCN(c2ccc(CCl)cc2Br)CC1. The zero-order chi connectivity index (χ0) is 13.0. The van der Waals surface area contributed by atoms with Crippen LogP contribution in [0.3, 0.4) is 0 Å². The summed E-state index contributed by atoms with van der Waals surface area (Å²) in [4.78, 5) is 2.44. The summed E-state index contributed by atoms with van der Waals surface area (Å²) in [6.45, 7) is 3.10. The van der Waals surface area contributed by atoms with Gasteiger partial charge in [0, 0.05) is 37.2 Å². The molecule has 0 atom stereocenters. The minimum absolute atomic E-state index is 0.564. The number of ether oxygens (including phenoxy) is 1. The van der Waals surface area contributed by atoms with E-state index < -0.39 is 0 Å². The van der Waals surface area contributed by atoms with Crippen LogP contribution in [-0.4, -0.2) is 26.8 Å². The fourth-order valence-electron chi connectivity index (χ4n) is 2.47. The predicted octanol–water partition coefficient (Wildman–Crippen LogP) is 4.05. The molecule has 2 rings (SSSR count). The fraction of sp³-hybridized carbons (Fsp3) is 0.571. The van der Waals surface area contributed by atoms with E-state index in [1.807, 2.05) is 0 Å². The van der Waals surface area contributed by atoms with Crippen LogP contribution in [0.4, 0.5) is 5.69 Å². The minimum atomic E-state index is 0.564. The van der Waals surface area contributed by atoms with E-state index in [1.54, 1.807) is 7.11 Å². The maximum atomic E-state index is 5.84. The van der Waals surface area contributed by atoms with Crippen LogP contribution in [0.2, 0.25) is 0 Å². The molecule has 4 heteroatoms. The number of hydrogen-bond donors (Lipinski definition) is 0. The van der Waals surface area contributed by atoms with Crippen molar-refractivity contribution in [3.05, 3.63) is 28.2 Å². The molecule has 0 unspecified atom stereocenters. The highest BCUT2D eigenvalue weighted by Crippen LogP contribution is 2.31. The molecule has 0 amide bonds. The highest BCUT2D eigenvalue weighted by molar-refractivity contribution is 9.10. The quantitative estimate of drug-likeness (QED) is 0.771. The first-order chi connectivity index (χ1) is 8.74. The lowest BCUT2D eigenvalue weighted by molar-refractivity contribution is 0.139. The first-order valence-corrected chi connectivity index (χ1v) is 7.65. The molecule has 18 heavy (non-hydrogen) atoms. The summed E-state index contributed by atoms with van der Waals surface area (Å²) in [6.07, 6.45) is 2.41. The van der Waals surface area contributed by atoms with Crippen molar-refractivity contribution in [2.75, 3.05) is 31.7 Å². The summed E-state index contributed by atoms with van der Waals surface area (Å²) < 4.78 is 6.38. The largest absolute Gasteiger partial charge is 0.384 e. The molecule has 1 saturated heterocycles. The van der Waals surface area contributed by atoms with Gasteiger partial charge in [-0.3, -0.25) is 0 Å². The van der Waals surface area contributed by atoms with Crippen molar-refractivity contribution in [1.29, 1.82) is 0 Å². The Balaban J connectivity index is 2.01. The van der Waals surface area contributed by atoms with Gasteiger partial charge in [-0.25, -0.2) is 0 Å². The van der Waals surface area contributed by atoms with E-state index >= 15 is 0 Å². The Morgan fingerprint density at radius 1 is 1.39 bits per heavy atom. The predicted molar refractivity (Wildman–Crippen MR) is 80.5 cm³/mol. The van der Waals surface area contributed by atoms with E-state index in [4.69, 9.17) is 16.3 Å². The Labute approximate surface area is 122 Å². The monoisotopic (exact) mass is 331 g/mol. The second-order valence-electron chi connectivity index (χ2n) is 4.81. The number of halogens is 2. The molecule has 0 aliphatic carbocycles. The van der Waals surface area contributed by atoms with Crippen LogP contribution in [0.5, 0.6) is 0 Å². The van der Waals surface area contributed by atoms with Gasteiger partial charge in [-0.2, -0.15) is 0 Å². The van der Waals surface area contributed by atoms with Crippen LogP contribution in [0.25, 0.3) is 0 Å². The molecule has 0 N–H and O–H groups in total. The summed E-state index contributed by atoms with van der Waals surface area (Å²) in [5.41, 5.74) is 2.43. The zero-order valence-corrected chi connectivity index (χ0v) is 13.0. The van der Waals surface area contributed by atoms with Gasteiger partial charge < -0.3 is 9.64 Å². The van der Waals surface area contributed by atoms with Crippen molar-refractivity contribution in [2.24, 2.45) is 5.92 Å². The molecule has 0 aromatic heterocycles. The molecule has 1 aliphatic heterocycles. The highest BCUT2D eigenvalue weighted by atomic mass is 79.9. The van der Waals surface area contributed by atoms with Crippen LogP contribution in [0.15, 0.2) is 22.7 Å². The van der Waals surface area contributed by atoms with Crippen molar-refractivity contribution >= 4 is 33.2 Å². The lowest BCUT2D eigenvalue weighted by atomic mass is 9.97. The van der Waals surface area contributed by atoms with E-state index in [0.29, 0.717) is 11.8 Å². The molecule has 100 valence electrons. The van der Waals surface area contributed by atoms with Gasteiger partial charge in [-0.15, -0.1) is 11.6 Å². The Kier molecular flexibility index (Phi) is 5.34. The number of methoxy groups -OCH3 is 1. The molecule has 0 spiro atoms. The smallest absolute Gasteiger partial charge is 0.0510 e. The maximum absolute atomic E-state index is 5.84. The fourth-order valence-corrected chi connectivity index (χ4v) is 3.31. The van der Waals surface area contributed by atoms with Crippen molar-refractivity contribution in [2.45, 2.75) is 18.7 Å². The van der Waals surface area contributed by atoms with E-state index in [1.165, 1.54) is 18.5 Å². The molecule has 1 aliphatic rings. The topological polar surface area (TPSA) is 12.5 Å². The van der Waals surface area contributed by atoms with Crippen molar-refractivity contribution in [1.82, 2.24) is 0 Å². The van der Waals surface area contributed by atoms with Gasteiger partial charge in [-0.05, 0) is 52.4 Å². The maximum Gasteiger partial charge on any atom is 0.0510 e. The molecule has 0 saturated carbocycles. The van der Waals surface area contributed by atoms with Crippen molar-refractivity contribution in [3.8, 4) is 0 Å². The minimum Gasteiger partial charge on any atom is -0.384 e. The third-order valence-corrected chi connectivity index (χ3v) is 4.47. The average Bonchev–Trinajstić information content (AvgIpc) is 2.40. The van der Waals surface area contributed by atoms with Gasteiger partial charge in [0.1, 0.15) is 0 Å². The van der Waals surface area contributed by atoms with E-state index in [9.17, 15) is 0 Å². The first-order valence-electron chi connectivity index (χ1n) is 6.33. The van der Waals surface area contributed by atoms with Gasteiger partial charge >= 0.3 is 0 Å². The van der Waals surface area contributed by atoms with Crippen LogP contribution in [0.1, 0.15) is 18.4 Å². The summed E-state index contributed by atoms with van der Waals surface area (Å²) in [6, 6.07) is 6.39. The molecule has 1 aromatic rings. The highest BCUT2D eigenvalue weighted by Gasteiger charge is 2.20. The second-order valence-corrected chi connectivity index (χ2v) is 5.93. The number of piperidine rings is 1. The normalized spacial score (nSPS) is 17.2. The molecular weight excluding hydrogens is 314 g/mol. The average molecular weight is 333 g/mol. The number of anilines is 1. The Hall–Kier alpha value is -0.250. The lowest BCUT2D eigenvalue weighted by Gasteiger charge is -2.34. The van der Waals surface area contributed by atoms with Crippen LogP contribution in [0, 0.1) is 5.92 Å². The van der Waals surface area contributed by atoms with Crippen molar-refractivity contribution in [3.63, 3.8) is 0 Å². The van der Waals surface area contributed by atoms with E-state index in [-0.39, 0.29) is 0 Å². The molecule has 1 aromatic carbocycles. The summed E-state index contributed by atoms with van der Waals surface area (Å²) in [5, 5.41) is 0. The molecule has 1 fully saturated rings. The van der Waals surface area contributed by atoms with E-state index in [0.717, 1.165) is 29.7 Å². The Morgan fingerprint density at radius 2 is 2.11 bits per heavy atom. The van der Waals surface area contributed by atoms with Crippen LogP contribution in [-0.2, 0) is 10.6 Å². The van der Waals surface area contributed by atoms with Crippen molar-refractivity contribution < 1.29 is 4.74 Å². The Bertz CT molecular complexity index is 391. The van der Waals surface area contributed by atoms with E-state index in [2.05, 4.69) is 39.0 Å². The molecule has 0 radical (unpaired) electrons. The standard InChI is InChI=1S/C14H19BrClNO/c1-18-10-11-4-6-17(7-5-11)14-3-2-12(9-16)8-13(14)15/h2-3,8,11H,4-7,9-10H2,1H3. The number of hydrogen-bond acceptors (Lipinski definition) is 2. The molecule has 2 nitrogen and oxygen atoms in total. The third-order valence-electron chi connectivity index (χ3n) is 3.52. The molecule has 0 bridgehead atoms. The summed E-state index contributed by atoms with van der Waals surface area (Å²) in [7, 11) is 1.79. The van der Waals surface area contributed by atoms with Gasteiger partial charge in [-0.1, -0.05) is 6.07 Å². The number of benzene rings is 1. The number of nitrogens with zero attached hydrogens (tertiary/aromatic N) is 1. The van der Waals surface area contributed by atoms with Crippen LogP contribution >= 0.6 is 27.5 Å². The summed E-state index contributed by atoms with van der Waals surface area (Å²) >= 11 is 9.49. The first kappa shape index (κ1) is 14.2. The number of alkyl halides is 1. The molecular formula is C14H19BrClNO. The van der Waals surface area contributed by atoms with Crippen LogP contribution < -0.4 is 4.90 Å². The second kappa shape index (κ2) is 6.78. The lowest BCUT2D eigenvalue weighted by Crippen LogP contribution is -2.35. The van der Waals surface area contributed by atoms with Gasteiger partial charge in [0.05, 0.1) is 5.69 Å². The molecule has 1 heterocycles. The van der Waals surface area contributed by atoms with Gasteiger partial charge in [0.2, 0.25) is 0 Å². The summed E-state index contributed by atoms with van der Waals surface area (Å²) in [5.74, 6) is 1.28. The third kappa shape index (κ3) is 3.40. The zero-order valence-electron chi connectivity index (χ0n) is 10.7. The van der Waals surface area contributed by atoms with Gasteiger partial charge in [0.25, 0.3) is 0 Å². The Morgan fingerprint density at radius 3 is 2.67 bits per heavy atom. The van der Waals surface area contributed by atoms with Gasteiger partial charge in [0.15, 0.2) is 0 Å². The number of rotatable bonds is 4.